The van der Waals surface area contributed by atoms with Crippen LogP contribution in [0.15, 0.2) is 12.7 Å². The molecule has 0 aromatic rings. The summed E-state index contributed by atoms with van der Waals surface area (Å²) < 4.78 is 0. The SMILES string of the molecule is C=CCCCCCC(=O)N[C@@H](CCC(=O)NCCCC)C(=O)NCCCC. The van der Waals surface area contributed by atoms with Crippen molar-refractivity contribution < 1.29 is 14.4 Å². The van der Waals surface area contributed by atoms with Crippen LogP contribution in [0.4, 0.5) is 0 Å². The van der Waals surface area contributed by atoms with Crippen LogP contribution in [0.2, 0.25) is 0 Å². The molecule has 0 spiro atoms. The molecule has 0 bridgehead atoms. The molecule has 1 atom stereocenters. The molecular weight excluding hydrogens is 342 g/mol. The number of unbranched alkanes of at least 4 members (excludes halogenated alkanes) is 5. The van der Waals surface area contributed by atoms with Crippen LogP contribution < -0.4 is 16.0 Å². The monoisotopic (exact) mass is 381 g/mol. The summed E-state index contributed by atoms with van der Waals surface area (Å²) in [6, 6.07) is -0.653. The van der Waals surface area contributed by atoms with E-state index >= 15 is 0 Å². The molecule has 3 amide bonds. The molecule has 0 aromatic carbocycles. The van der Waals surface area contributed by atoms with Crippen molar-refractivity contribution in [1.29, 1.82) is 0 Å². The van der Waals surface area contributed by atoms with E-state index in [0.29, 0.717) is 25.9 Å². The van der Waals surface area contributed by atoms with Gasteiger partial charge in [0.1, 0.15) is 6.04 Å². The second kappa shape index (κ2) is 17.6. The Morgan fingerprint density at radius 3 is 2.15 bits per heavy atom. The number of hydrogen-bond donors (Lipinski definition) is 3. The molecule has 0 saturated heterocycles. The molecule has 0 saturated carbocycles. The van der Waals surface area contributed by atoms with Gasteiger partial charge in [-0.25, -0.2) is 0 Å². The summed E-state index contributed by atoms with van der Waals surface area (Å²) in [5.74, 6) is -0.408. The van der Waals surface area contributed by atoms with Gasteiger partial charge in [-0.3, -0.25) is 14.4 Å². The zero-order valence-corrected chi connectivity index (χ0v) is 17.3. The number of carbonyl (C=O) groups is 3. The predicted molar refractivity (Wildman–Crippen MR) is 110 cm³/mol. The van der Waals surface area contributed by atoms with Gasteiger partial charge in [0.2, 0.25) is 17.7 Å². The second-order valence-electron chi connectivity index (χ2n) is 6.89. The molecule has 0 aliphatic rings. The van der Waals surface area contributed by atoms with Crippen molar-refractivity contribution in [2.24, 2.45) is 0 Å². The topological polar surface area (TPSA) is 87.3 Å². The van der Waals surface area contributed by atoms with Crippen molar-refractivity contribution in [2.45, 2.75) is 90.5 Å². The number of rotatable bonds is 17. The minimum Gasteiger partial charge on any atom is -0.356 e. The summed E-state index contributed by atoms with van der Waals surface area (Å²) in [6.45, 7) is 9.05. The molecule has 6 nitrogen and oxygen atoms in total. The van der Waals surface area contributed by atoms with Crippen LogP contribution in [0.1, 0.15) is 84.5 Å². The van der Waals surface area contributed by atoms with Crippen molar-refractivity contribution in [3.05, 3.63) is 12.7 Å². The third-order valence-corrected chi connectivity index (χ3v) is 4.31. The fourth-order valence-electron chi connectivity index (χ4n) is 2.57. The molecule has 0 heterocycles. The highest BCUT2D eigenvalue weighted by Gasteiger charge is 2.21. The number of hydrogen-bond acceptors (Lipinski definition) is 3. The Morgan fingerprint density at radius 1 is 0.852 bits per heavy atom. The Labute approximate surface area is 164 Å². The lowest BCUT2D eigenvalue weighted by atomic mass is 10.1. The summed E-state index contributed by atoms with van der Waals surface area (Å²) in [5.41, 5.74) is 0. The fraction of sp³-hybridized carbons (Fsp3) is 0.762. The summed E-state index contributed by atoms with van der Waals surface area (Å²) in [4.78, 5) is 36.4. The van der Waals surface area contributed by atoms with E-state index in [-0.39, 0.29) is 24.1 Å². The summed E-state index contributed by atoms with van der Waals surface area (Å²) in [5, 5.41) is 8.50. The van der Waals surface area contributed by atoms with Crippen molar-refractivity contribution in [3.63, 3.8) is 0 Å². The maximum atomic E-state index is 12.4. The van der Waals surface area contributed by atoms with Gasteiger partial charge >= 0.3 is 0 Å². The summed E-state index contributed by atoms with van der Waals surface area (Å²) in [6.07, 6.45) is 10.4. The van der Waals surface area contributed by atoms with Gasteiger partial charge in [0.15, 0.2) is 0 Å². The van der Waals surface area contributed by atoms with Crippen LogP contribution in [0.5, 0.6) is 0 Å². The Morgan fingerprint density at radius 2 is 1.52 bits per heavy atom. The van der Waals surface area contributed by atoms with Gasteiger partial charge in [0, 0.05) is 25.9 Å². The average Bonchev–Trinajstić information content (AvgIpc) is 2.65. The van der Waals surface area contributed by atoms with Gasteiger partial charge in [-0.15, -0.1) is 6.58 Å². The van der Waals surface area contributed by atoms with Crippen molar-refractivity contribution >= 4 is 17.7 Å². The number of allylic oxidation sites excluding steroid dienone is 1. The van der Waals surface area contributed by atoms with E-state index in [2.05, 4.69) is 36.4 Å². The molecule has 0 unspecified atom stereocenters. The molecule has 3 N–H and O–H groups in total. The highest BCUT2D eigenvalue weighted by atomic mass is 16.2. The maximum absolute atomic E-state index is 12.4. The minimum absolute atomic E-state index is 0.0755. The fourth-order valence-corrected chi connectivity index (χ4v) is 2.57. The van der Waals surface area contributed by atoms with Crippen LogP contribution >= 0.6 is 0 Å². The first-order valence-electron chi connectivity index (χ1n) is 10.5. The lowest BCUT2D eigenvalue weighted by Gasteiger charge is -2.18. The van der Waals surface area contributed by atoms with E-state index in [0.717, 1.165) is 51.4 Å². The highest BCUT2D eigenvalue weighted by Crippen LogP contribution is 2.05. The van der Waals surface area contributed by atoms with Crippen molar-refractivity contribution in [3.8, 4) is 0 Å². The standard InChI is InChI=1S/C21H39N3O3/c1-4-7-10-11-12-13-20(26)24-18(21(27)23-17-9-6-3)14-15-19(25)22-16-8-5-2/h4,18H,1,5-17H2,2-3H3,(H,22,25)(H,23,27)(H,24,26)/t18-/m0/s1. The Kier molecular flexibility index (Phi) is 16.4. The smallest absolute Gasteiger partial charge is 0.242 e. The highest BCUT2D eigenvalue weighted by molar-refractivity contribution is 5.88. The molecule has 27 heavy (non-hydrogen) atoms. The van der Waals surface area contributed by atoms with E-state index in [1.165, 1.54) is 0 Å². The van der Waals surface area contributed by atoms with Crippen molar-refractivity contribution in [2.75, 3.05) is 13.1 Å². The third-order valence-electron chi connectivity index (χ3n) is 4.31. The zero-order valence-electron chi connectivity index (χ0n) is 17.3. The van der Waals surface area contributed by atoms with Gasteiger partial charge in [0.25, 0.3) is 0 Å². The van der Waals surface area contributed by atoms with Crippen LogP contribution in [-0.4, -0.2) is 36.9 Å². The van der Waals surface area contributed by atoms with Gasteiger partial charge in [-0.1, -0.05) is 39.2 Å². The normalized spacial score (nSPS) is 11.5. The van der Waals surface area contributed by atoms with E-state index < -0.39 is 6.04 Å². The quantitative estimate of drug-likeness (QED) is 0.267. The predicted octanol–water partition coefficient (Wildman–Crippen LogP) is 3.22. The largest absolute Gasteiger partial charge is 0.356 e. The molecule has 0 rings (SSSR count). The number of amides is 3. The second-order valence-corrected chi connectivity index (χ2v) is 6.89. The average molecular weight is 382 g/mol. The first kappa shape index (κ1) is 25.1. The van der Waals surface area contributed by atoms with E-state index in [1.54, 1.807) is 0 Å². The van der Waals surface area contributed by atoms with E-state index in [9.17, 15) is 14.4 Å². The van der Waals surface area contributed by atoms with Crippen LogP contribution in [0, 0.1) is 0 Å². The van der Waals surface area contributed by atoms with E-state index in [1.807, 2.05) is 6.08 Å². The molecule has 0 aliphatic heterocycles. The maximum Gasteiger partial charge on any atom is 0.242 e. The van der Waals surface area contributed by atoms with Gasteiger partial charge in [0.05, 0.1) is 0 Å². The number of nitrogens with one attached hydrogen (secondary N) is 3. The summed E-state index contributed by atoms with van der Waals surface area (Å²) >= 11 is 0. The Bertz CT molecular complexity index is 438. The minimum atomic E-state index is -0.653. The van der Waals surface area contributed by atoms with Crippen LogP contribution in [0.25, 0.3) is 0 Å². The Hall–Kier alpha value is -1.85. The molecule has 0 radical (unpaired) electrons. The van der Waals surface area contributed by atoms with Gasteiger partial charge in [-0.05, 0) is 38.5 Å². The molecule has 6 heteroatoms. The third kappa shape index (κ3) is 15.0. The molecule has 156 valence electrons. The van der Waals surface area contributed by atoms with E-state index in [4.69, 9.17) is 0 Å². The van der Waals surface area contributed by atoms with Crippen molar-refractivity contribution in [1.82, 2.24) is 16.0 Å². The molecule has 0 aliphatic carbocycles. The first-order chi connectivity index (χ1) is 13.0. The Balaban J connectivity index is 4.41. The van der Waals surface area contributed by atoms with Crippen LogP contribution in [-0.2, 0) is 14.4 Å². The molecular formula is C21H39N3O3. The lowest BCUT2D eigenvalue weighted by Crippen LogP contribution is -2.47. The summed E-state index contributed by atoms with van der Waals surface area (Å²) in [7, 11) is 0. The van der Waals surface area contributed by atoms with Gasteiger partial charge in [-0.2, -0.15) is 0 Å². The van der Waals surface area contributed by atoms with Crippen LogP contribution in [0.3, 0.4) is 0 Å². The zero-order chi connectivity index (χ0) is 20.3. The first-order valence-corrected chi connectivity index (χ1v) is 10.5. The number of carbonyl (C=O) groups excluding carboxylic acids is 3. The lowest BCUT2D eigenvalue weighted by molar-refractivity contribution is -0.129. The van der Waals surface area contributed by atoms with Gasteiger partial charge < -0.3 is 16.0 Å². The molecule has 0 aromatic heterocycles. The molecule has 0 fully saturated rings.